The van der Waals surface area contributed by atoms with E-state index in [1.54, 1.807) is 25.5 Å². The fourth-order valence-corrected chi connectivity index (χ4v) is 2.69. The summed E-state index contributed by atoms with van der Waals surface area (Å²) in [5, 5.41) is 8.42. The van der Waals surface area contributed by atoms with Gasteiger partial charge in [-0.1, -0.05) is 12.1 Å². The molecule has 6 heteroatoms. The van der Waals surface area contributed by atoms with Crippen molar-refractivity contribution in [2.45, 2.75) is 6.54 Å². The zero-order valence-corrected chi connectivity index (χ0v) is 15.5. The molecule has 1 aromatic heterocycles. The Labute approximate surface area is 146 Å². The minimum Gasteiger partial charge on any atom is -0.497 e. The van der Waals surface area contributed by atoms with Crippen LogP contribution in [0.3, 0.4) is 0 Å². The number of hydrogen-bond donors (Lipinski definition) is 2. The molecule has 4 nitrogen and oxygen atoms in total. The lowest BCUT2D eigenvalue weighted by molar-refractivity contribution is 0.415. The first-order valence-corrected chi connectivity index (χ1v) is 7.25. The van der Waals surface area contributed by atoms with E-state index in [9.17, 15) is 0 Å². The number of rotatable bonds is 4. The number of nitrogens with one attached hydrogen (secondary N) is 2. The molecule has 0 aliphatic heterocycles. The van der Waals surface area contributed by atoms with Gasteiger partial charge in [-0.05, 0) is 34.7 Å². The molecule has 0 aliphatic rings. The molecule has 2 aromatic rings. The van der Waals surface area contributed by atoms with Crippen LogP contribution < -0.4 is 15.4 Å². The van der Waals surface area contributed by atoms with Crippen LogP contribution in [-0.2, 0) is 6.54 Å². The molecule has 0 radical (unpaired) electrons. The molecule has 0 fully saturated rings. The van der Waals surface area contributed by atoms with E-state index in [1.165, 1.54) is 16.0 Å². The van der Waals surface area contributed by atoms with Gasteiger partial charge in [0.1, 0.15) is 5.75 Å². The third kappa shape index (κ3) is 4.89. The highest BCUT2D eigenvalue weighted by molar-refractivity contribution is 14.0. The summed E-state index contributed by atoms with van der Waals surface area (Å²) >= 11 is 1.74. The van der Waals surface area contributed by atoms with Gasteiger partial charge in [-0.25, -0.2) is 0 Å². The summed E-state index contributed by atoms with van der Waals surface area (Å²) < 4.78 is 5.17. The predicted molar refractivity (Wildman–Crippen MR) is 101 cm³/mol. The van der Waals surface area contributed by atoms with Gasteiger partial charge in [0.25, 0.3) is 0 Å². The van der Waals surface area contributed by atoms with Gasteiger partial charge in [-0.15, -0.1) is 35.3 Å². The Bertz CT molecular complexity index is 581. The third-order valence-electron chi connectivity index (χ3n) is 2.97. The molecule has 0 unspecified atom stereocenters. The third-order valence-corrected chi connectivity index (χ3v) is 3.90. The molecule has 2 N–H and O–H groups in total. The molecule has 21 heavy (non-hydrogen) atoms. The molecule has 0 saturated heterocycles. The van der Waals surface area contributed by atoms with Crippen LogP contribution in [0.1, 0.15) is 4.88 Å². The fraction of sp³-hybridized carbons (Fsp3) is 0.267. The zero-order valence-electron chi connectivity index (χ0n) is 12.3. The Morgan fingerprint density at radius 3 is 2.52 bits per heavy atom. The fourth-order valence-electron chi connectivity index (χ4n) is 1.86. The number of nitrogens with zero attached hydrogens (tertiary/aromatic N) is 1. The van der Waals surface area contributed by atoms with Gasteiger partial charge in [0, 0.05) is 19.0 Å². The predicted octanol–water partition coefficient (Wildman–Crippen LogP) is 3.34. The first kappa shape index (κ1) is 17.8. The number of aliphatic imine (C=N–C) groups is 1. The molecule has 0 saturated carbocycles. The van der Waals surface area contributed by atoms with E-state index in [-0.39, 0.29) is 24.0 Å². The van der Waals surface area contributed by atoms with Crippen molar-refractivity contribution >= 4 is 41.3 Å². The van der Waals surface area contributed by atoms with Gasteiger partial charge < -0.3 is 15.4 Å². The van der Waals surface area contributed by atoms with Crippen molar-refractivity contribution in [1.29, 1.82) is 0 Å². The van der Waals surface area contributed by atoms with E-state index in [0.717, 1.165) is 18.3 Å². The van der Waals surface area contributed by atoms with E-state index in [4.69, 9.17) is 4.74 Å². The lowest BCUT2D eigenvalue weighted by atomic mass is 10.1. The summed E-state index contributed by atoms with van der Waals surface area (Å²) in [5.41, 5.74) is 2.43. The second kappa shape index (κ2) is 8.89. The maximum atomic E-state index is 5.17. The molecule has 114 valence electrons. The van der Waals surface area contributed by atoms with Crippen LogP contribution in [0.2, 0.25) is 0 Å². The minimum absolute atomic E-state index is 0. The number of halogens is 1. The minimum atomic E-state index is 0. The van der Waals surface area contributed by atoms with E-state index in [0.29, 0.717) is 0 Å². The molecule has 0 amide bonds. The van der Waals surface area contributed by atoms with Crippen molar-refractivity contribution in [2.24, 2.45) is 4.99 Å². The van der Waals surface area contributed by atoms with Crippen LogP contribution in [0.15, 0.2) is 40.7 Å². The van der Waals surface area contributed by atoms with E-state index in [1.807, 2.05) is 19.2 Å². The maximum Gasteiger partial charge on any atom is 0.191 e. The molecular weight excluding hydrogens is 397 g/mol. The summed E-state index contributed by atoms with van der Waals surface area (Å²) in [7, 11) is 5.29. The Kier molecular flexibility index (Phi) is 7.52. The van der Waals surface area contributed by atoms with Crippen LogP contribution in [0.4, 0.5) is 0 Å². The van der Waals surface area contributed by atoms with Crippen LogP contribution in [-0.4, -0.2) is 27.2 Å². The van der Waals surface area contributed by atoms with E-state index >= 15 is 0 Å². The highest BCUT2D eigenvalue weighted by Crippen LogP contribution is 2.27. The Balaban J connectivity index is 0.00000220. The van der Waals surface area contributed by atoms with Crippen LogP contribution in [0.5, 0.6) is 5.75 Å². The average Bonchev–Trinajstić information content (AvgIpc) is 2.97. The summed E-state index contributed by atoms with van der Waals surface area (Å²) in [5.74, 6) is 1.67. The standard InChI is InChI=1S/C15H19N3OS.HI/c1-16-15(17-2)18-9-14-8-12(10-20-14)11-4-6-13(19-3)7-5-11;/h4-8,10H,9H2,1-3H3,(H2,16,17,18);1H. The largest absolute Gasteiger partial charge is 0.497 e. The molecule has 1 aromatic carbocycles. The number of methoxy groups -OCH3 is 1. The SMILES string of the molecule is CN=C(NC)NCc1cc(-c2ccc(OC)cc2)cs1.I. The topological polar surface area (TPSA) is 45.7 Å². The maximum absolute atomic E-state index is 5.17. The first-order chi connectivity index (χ1) is 9.76. The molecular formula is C15H20IN3OS. The number of guanidine groups is 1. The highest BCUT2D eigenvalue weighted by Gasteiger charge is 2.03. The normalized spacial score (nSPS) is 10.7. The van der Waals surface area contributed by atoms with Crippen molar-refractivity contribution in [3.8, 4) is 16.9 Å². The molecule has 0 aliphatic carbocycles. The summed E-state index contributed by atoms with van der Waals surface area (Å²) in [4.78, 5) is 5.36. The lowest BCUT2D eigenvalue weighted by Gasteiger charge is -2.06. The molecule has 0 atom stereocenters. The van der Waals surface area contributed by atoms with E-state index < -0.39 is 0 Å². The Morgan fingerprint density at radius 2 is 1.95 bits per heavy atom. The molecule has 0 spiro atoms. The van der Waals surface area contributed by atoms with Gasteiger partial charge >= 0.3 is 0 Å². The van der Waals surface area contributed by atoms with Gasteiger partial charge in [0.2, 0.25) is 0 Å². The van der Waals surface area contributed by atoms with Crippen LogP contribution in [0.25, 0.3) is 11.1 Å². The average molecular weight is 417 g/mol. The number of benzene rings is 1. The second-order valence-corrected chi connectivity index (χ2v) is 5.20. The number of hydrogen-bond acceptors (Lipinski definition) is 3. The molecule has 0 bridgehead atoms. The first-order valence-electron chi connectivity index (χ1n) is 6.37. The van der Waals surface area contributed by atoms with Crippen molar-refractivity contribution in [3.63, 3.8) is 0 Å². The van der Waals surface area contributed by atoms with Gasteiger partial charge in [-0.3, -0.25) is 4.99 Å². The Morgan fingerprint density at radius 1 is 1.24 bits per heavy atom. The van der Waals surface area contributed by atoms with Crippen molar-refractivity contribution in [2.75, 3.05) is 21.2 Å². The van der Waals surface area contributed by atoms with Crippen LogP contribution >= 0.6 is 35.3 Å². The summed E-state index contributed by atoms with van der Waals surface area (Å²) in [6.07, 6.45) is 0. The van der Waals surface area contributed by atoms with Gasteiger partial charge in [0.15, 0.2) is 5.96 Å². The van der Waals surface area contributed by atoms with Crippen molar-refractivity contribution in [1.82, 2.24) is 10.6 Å². The lowest BCUT2D eigenvalue weighted by Crippen LogP contribution is -2.33. The summed E-state index contributed by atoms with van der Waals surface area (Å²) in [6, 6.07) is 10.3. The Hall–Kier alpha value is -1.28. The van der Waals surface area contributed by atoms with Gasteiger partial charge in [-0.2, -0.15) is 0 Å². The zero-order chi connectivity index (χ0) is 14.4. The second-order valence-electron chi connectivity index (χ2n) is 4.21. The smallest absolute Gasteiger partial charge is 0.191 e. The van der Waals surface area contributed by atoms with Crippen molar-refractivity contribution in [3.05, 3.63) is 40.6 Å². The molecule has 1 heterocycles. The summed E-state index contributed by atoms with van der Waals surface area (Å²) in [6.45, 7) is 0.772. The highest BCUT2D eigenvalue weighted by atomic mass is 127. The van der Waals surface area contributed by atoms with Crippen molar-refractivity contribution < 1.29 is 4.74 Å². The monoisotopic (exact) mass is 417 g/mol. The quantitative estimate of drug-likeness (QED) is 0.456. The molecule has 2 rings (SSSR count). The number of ether oxygens (including phenoxy) is 1. The van der Waals surface area contributed by atoms with Crippen LogP contribution in [0, 0.1) is 0 Å². The number of thiophene rings is 1. The van der Waals surface area contributed by atoms with E-state index in [2.05, 4.69) is 39.2 Å². The van der Waals surface area contributed by atoms with Gasteiger partial charge in [0.05, 0.1) is 13.7 Å².